The fraction of sp³-hybridized carbons (Fsp3) is 0.500. The second-order valence-corrected chi connectivity index (χ2v) is 11.4. The van der Waals surface area contributed by atoms with Gasteiger partial charge < -0.3 is 4.43 Å². The molecule has 0 saturated heterocycles. The first-order chi connectivity index (χ1) is 7.13. The maximum Gasteiger partial charge on any atom is 0.250 e. The zero-order valence-electron chi connectivity index (χ0n) is 10.4. The van der Waals surface area contributed by atoms with Crippen molar-refractivity contribution in [1.29, 1.82) is 0 Å². The van der Waals surface area contributed by atoms with Crippen LogP contribution in [-0.4, -0.2) is 8.32 Å². The van der Waals surface area contributed by atoms with Crippen molar-refractivity contribution in [3.63, 3.8) is 0 Å². The molecule has 1 aromatic rings. The van der Waals surface area contributed by atoms with E-state index >= 15 is 0 Å². The third kappa shape index (κ3) is 3.20. The fourth-order valence-electron chi connectivity index (χ4n) is 0.983. The molecule has 1 rings (SSSR count). The third-order valence-corrected chi connectivity index (χ3v) is 8.08. The van der Waals surface area contributed by atoms with Gasteiger partial charge in [-0.1, -0.05) is 20.8 Å². The second kappa shape index (κ2) is 4.64. The topological polar surface area (TPSA) is 9.23 Å². The molecule has 0 unspecified atom stereocenters. The molecule has 0 aliphatic rings. The van der Waals surface area contributed by atoms with Gasteiger partial charge in [-0.25, -0.2) is 4.39 Å². The fourth-order valence-corrected chi connectivity index (χ4v) is 2.46. The molecule has 0 N–H and O–H groups in total. The Labute approximate surface area is 112 Å². The summed E-state index contributed by atoms with van der Waals surface area (Å²) in [7, 11) is -1.94. The summed E-state index contributed by atoms with van der Waals surface area (Å²) in [5.74, 6) is 0.115. The van der Waals surface area contributed by atoms with Crippen molar-refractivity contribution in [2.24, 2.45) is 0 Å². The highest BCUT2D eigenvalue weighted by molar-refractivity contribution is 14.1. The van der Waals surface area contributed by atoms with Crippen molar-refractivity contribution in [3.05, 3.63) is 27.6 Å². The van der Waals surface area contributed by atoms with Crippen LogP contribution in [0.25, 0.3) is 0 Å². The summed E-state index contributed by atoms with van der Waals surface area (Å²) in [6, 6.07) is 4.97. The van der Waals surface area contributed by atoms with E-state index in [1.165, 1.54) is 6.07 Å². The van der Waals surface area contributed by atoms with Crippen molar-refractivity contribution < 1.29 is 8.82 Å². The summed E-state index contributed by atoms with van der Waals surface area (Å²) in [4.78, 5) is 0. The number of hydrogen-bond donors (Lipinski definition) is 0. The highest BCUT2D eigenvalue weighted by Gasteiger charge is 2.39. The first kappa shape index (κ1) is 14.0. The molecular weight excluding hydrogens is 334 g/mol. The summed E-state index contributed by atoms with van der Waals surface area (Å²) in [5, 5.41) is 0.0840. The van der Waals surface area contributed by atoms with Gasteiger partial charge in [0.1, 0.15) is 5.75 Å². The van der Waals surface area contributed by atoms with E-state index in [4.69, 9.17) is 4.43 Å². The van der Waals surface area contributed by atoms with Gasteiger partial charge >= 0.3 is 0 Å². The Morgan fingerprint density at radius 2 is 1.81 bits per heavy atom. The number of benzene rings is 1. The Morgan fingerprint density at radius 1 is 1.25 bits per heavy atom. The van der Waals surface area contributed by atoms with Gasteiger partial charge in [0.2, 0.25) is 0 Å². The van der Waals surface area contributed by atoms with Gasteiger partial charge in [0.05, 0.1) is 0 Å². The molecule has 0 aromatic heterocycles. The number of halogens is 2. The summed E-state index contributed by atoms with van der Waals surface area (Å²) >= 11 is 2.16. The smallest absolute Gasteiger partial charge is 0.250 e. The molecule has 4 heteroatoms. The molecule has 1 aromatic carbocycles. The average Bonchev–Trinajstić information content (AvgIpc) is 2.09. The third-order valence-electron chi connectivity index (χ3n) is 3.06. The molecule has 16 heavy (non-hydrogen) atoms. The van der Waals surface area contributed by atoms with Crippen molar-refractivity contribution in [2.75, 3.05) is 0 Å². The number of hydrogen-bond acceptors (Lipinski definition) is 1. The van der Waals surface area contributed by atoms with Crippen LogP contribution < -0.4 is 4.43 Å². The zero-order chi connectivity index (χ0) is 12.6. The van der Waals surface area contributed by atoms with Crippen LogP contribution in [0.1, 0.15) is 20.8 Å². The van der Waals surface area contributed by atoms with Gasteiger partial charge in [-0.2, -0.15) is 0 Å². The molecule has 1 nitrogen and oxygen atoms in total. The molecule has 0 fully saturated rings. The lowest BCUT2D eigenvalue weighted by Crippen LogP contribution is -2.44. The van der Waals surface area contributed by atoms with Crippen LogP contribution in [0.5, 0.6) is 5.75 Å². The summed E-state index contributed by atoms with van der Waals surface area (Å²) < 4.78 is 20.5. The summed E-state index contributed by atoms with van der Waals surface area (Å²) in [6.45, 7) is 10.7. The minimum Gasteiger partial charge on any atom is -0.542 e. The molecular formula is C12H18FIOSi. The molecule has 0 radical (unpaired) electrons. The molecule has 0 atom stereocenters. The maximum atomic E-state index is 13.6. The lowest BCUT2D eigenvalue weighted by atomic mass is 10.2. The quantitative estimate of drug-likeness (QED) is 0.548. The zero-order valence-corrected chi connectivity index (χ0v) is 13.6. The molecule has 0 aliphatic heterocycles. The van der Waals surface area contributed by atoms with Crippen molar-refractivity contribution >= 4 is 30.9 Å². The Balaban J connectivity index is 3.01. The van der Waals surface area contributed by atoms with Crippen molar-refractivity contribution in [3.8, 4) is 5.75 Å². The monoisotopic (exact) mass is 352 g/mol. The van der Waals surface area contributed by atoms with Gasteiger partial charge in [-0.15, -0.1) is 0 Å². The predicted molar refractivity (Wildman–Crippen MR) is 76.9 cm³/mol. The van der Waals surface area contributed by atoms with Gasteiger partial charge in [-0.3, -0.25) is 0 Å². The van der Waals surface area contributed by atoms with Crippen LogP contribution in [0, 0.1) is 9.39 Å². The molecule has 0 spiro atoms. The van der Waals surface area contributed by atoms with E-state index in [1.54, 1.807) is 12.1 Å². The first-order valence-electron chi connectivity index (χ1n) is 5.27. The highest BCUT2D eigenvalue weighted by Crippen LogP contribution is 2.38. The molecule has 0 amide bonds. The second-order valence-electron chi connectivity index (χ2n) is 5.44. The average molecular weight is 352 g/mol. The predicted octanol–water partition coefficient (Wildman–Crippen LogP) is 4.81. The van der Waals surface area contributed by atoms with Crippen LogP contribution >= 0.6 is 22.6 Å². The van der Waals surface area contributed by atoms with E-state index in [0.717, 1.165) is 3.57 Å². The van der Waals surface area contributed by atoms with Crippen LogP contribution in [0.2, 0.25) is 18.1 Å². The van der Waals surface area contributed by atoms with E-state index in [1.807, 2.05) is 0 Å². The van der Waals surface area contributed by atoms with Gasteiger partial charge in [-0.05, 0) is 58.9 Å². The Morgan fingerprint density at radius 3 is 2.31 bits per heavy atom. The standard InChI is InChI=1S/C12H18FIOSi/c1-12(2,3)16(4,5)15-11-8-9(14)6-7-10(11)13/h6-8H,1-5H3. The van der Waals surface area contributed by atoms with Crippen LogP contribution in [-0.2, 0) is 0 Å². The van der Waals surface area contributed by atoms with Gasteiger partial charge in [0.15, 0.2) is 5.82 Å². The minimum atomic E-state index is -1.94. The van der Waals surface area contributed by atoms with Crippen LogP contribution in [0.3, 0.4) is 0 Å². The molecule has 0 heterocycles. The first-order valence-corrected chi connectivity index (χ1v) is 9.26. The van der Waals surface area contributed by atoms with Crippen LogP contribution in [0.4, 0.5) is 4.39 Å². The summed E-state index contributed by atoms with van der Waals surface area (Å²) in [5.41, 5.74) is 0. The maximum absolute atomic E-state index is 13.6. The molecule has 90 valence electrons. The van der Waals surface area contributed by atoms with E-state index < -0.39 is 8.32 Å². The molecule has 0 saturated carbocycles. The Hall–Kier alpha value is -0.103. The number of rotatable bonds is 2. The van der Waals surface area contributed by atoms with E-state index in [2.05, 4.69) is 56.5 Å². The van der Waals surface area contributed by atoms with Gasteiger partial charge in [0.25, 0.3) is 8.32 Å². The van der Waals surface area contributed by atoms with Crippen molar-refractivity contribution in [2.45, 2.75) is 38.9 Å². The Bertz CT molecular complexity index is 385. The SMILES string of the molecule is CC(C)(C)[Si](C)(C)Oc1cc(I)ccc1F. The van der Waals surface area contributed by atoms with E-state index in [9.17, 15) is 4.39 Å². The summed E-state index contributed by atoms with van der Waals surface area (Å²) in [6.07, 6.45) is 0. The minimum absolute atomic E-state index is 0.0840. The molecule has 0 aliphatic carbocycles. The highest BCUT2D eigenvalue weighted by atomic mass is 127. The lowest BCUT2D eigenvalue weighted by molar-refractivity contribution is 0.456. The largest absolute Gasteiger partial charge is 0.542 e. The Kier molecular flexibility index (Phi) is 4.05. The van der Waals surface area contributed by atoms with Crippen LogP contribution in [0.15, 0.2) is 18.2 Å². The van der Waals surface area contributed by atoms with Gasteiger partial charge in [0, 0.05) is 3.57 Å². The normalized spacial score (nSPS) is 12.7. The van der Waals surface area contributed by atoms with Crippen molar-refractivity contribution in [1.82, 2.24) is 0 Å². The van der Waals surface area contributed by atoms with E-state index in [-0.39, 0.29) is 10.9 Å². The van der Waals surface area contributed by atoms with E-state index in [0.29, 0.717) is 5.75 Å². The lowest BCUT2D eigenvalue weighted by Gasteiger charge is -2.36. The molecule has 0 bridgehead atoms.